The molecule has 1 heterocycles. The molecule has 0 unspecified atom stereocenters. The summed E-state index contributed by atoms with van der Waals surface area (Å²) in [6, 6.07) is 0. The van der Waals surface area contributed by atoms with Gasteiger partial charge in [0.1, 0.15) is 5.54 Å². The van der Waals surface area contributed by atoms with Crippen LogP contribution in [0.1, 0.15) is 32.1 Å². The third-order valence-electron chi connectivity index (χ3n) is 4.92. The van der Waals surface area contributed by atoms with Crippen molar-refractivity contribution in [3.8, 4) is 0 Å². The fraction of sp³-hybridized carbons (Fsp3) is 1.00. The number of hydrogen-bond donors (Lipinski definition) is 2. The van der Waals surface area contributed by atoms with Gasteiger partial charge in [-0.05, 0) is 50.0 Å². The summed E-state index contributed by atoms with van der Waals surface area (Å²) in [5.41, 5.74) is -1.09. The summed E-state index contributed by atoms with van der Waals surface area (Å²) in [5.74, 6) is 0.455. The van der Waals surface area contributed by atoms with E-state index in [1.165, 1.54) is 0 Å². The van der Waals surface area contributed by atoms with Crippen molar-refractivity contribution >= 4 is 0 Å². The second kappa shape index (κ2) is 3.60. The topological polar surface area (TPSA) is 24.1 Å². The molecule has 0 radical (unpaired) electrons. The maximum absolute atomic E-state index is 12.9. The van der Waals surface area contributed by atoms with E-state index in [1.807, 2.05) is 0 Å². The molecular weight excluding hydrogens is 229 g/mol. The van der Waals surface area contributed by atoms with Gasteiger partial charge in [0, 0.05) is 13.1 Å². The summed E-state index contributed by atoms with van der Waals surface area (Å²) in [6.45, 7) is 2.67. The Morgan fingerprint density at radius 1 is 1.18 bits per heavy atom. The first kappa shape index (κ1) is 11.8. The lowest BCUT2D eigenvalue weighted by Gasteiger charge is -2.55. The van der Waals surface area contributed by atoms with E-state index in [1.54, 1.807) is 0 Å². The number of nitrogens with one attached hydrogen (secondary N) is 2. The van der Waals surface area contributed by atoms with E-state index in [2.05, 4.69) is 10.6 Å². The zero-order valence-electron chi connectivity index (χ0n) is 9.87. The van der Waals surface area contributed by atoms with Gasteiger partial charge in [-0.2, -0.15) is 13.2 Å². The summed E-state index contributed by atoms with van der Waals surface area (Å²) in [5, 5.41) is 6.06. The molecule has 98 valence electrons. The Bertz CT molecular complexity index is 297. The average molecular weight is 248 g/mol. The Morgan fingerprint density at radius 2 is 1.82 bits per heavy atom. The summed E-state index contributed by atoms with van der Waals surface area (Å²) in [6.07, 6.45) is -0.663. The van der Waals surface area contributed by atoms with Crippen LogP contribution < -0.4 is 10.6 Å². The lowest BCUT2D eigenvalue weighted by Crippen LogP contribution is -2.65. The minimum absolute atomic E-state index is 0.260. The van der Waals surface area contributed by atoms with Crippen molar-refractivity contribution in [2.75, 3.05) is 19.6 Å². The van der Waals surface area contributed by atoms with Gasteiger partial charge in [0.15, 0.2) is 0 Å². The molecule has 0 aromatic carbocycles. The summed E-state index contributed by atoms with van der Waals surface area (Å²) < 4.78 is 38.7. The second-order valence-electron chi connectivity index (χ2n) is 6.19. The Balaban J connectivity index is 1.48. The van der Waals surface area contributed by atoms with Gasteiger partial charge in [0.05, 0.1) is 0 Å². The van der Waals surface area contributed by atoms with Crippen LogP contribution in [0.2, 0.25) is 0 Å². The molecule has 0 amide bonds. The van der Waals surface area contributed by atoms with E-state index in [-0.39, 0.29) is 12.8 Å². The molecule has 3 fully saturated rings. The van der Waals surface area contributed by atoms with Crippen molar-refractivity contribution in [3.63, 3.8) is 0 Å². The molecule has 2 N–H and O–H groups in total. The molecule has 5 heteroatoms. The predicted octanol–water partition coefficient (Wildman–Crippen LogP) is 2.06. The normalized spacial score (nSPS) is 30.5. The van der Waals surface area contributed by atoms with Gasteiger partial charge in [-0.3, -0.25) is 0 Å². The molecule has 0 bridgehead atoms. The Morgan fingerprint density at radius 3 is 2.18 bits per heavy atom. The Hall–Kier alpha value is -0.290. The van der Waals surface area contributed by atoms with Gasteiger partial charge in [-0.1, -0.05) is 0 Å². The lowest BCUT2D eigenvalue weighted by molar-refractivity contribution is -0.220. The fourth-order valence-electron chi connectivity index (χ4n) is 3.51. The average Bonchev–Trinajstić information content (AvgIpc) is 1.99. The van der Waals surface area contributed by atoms with Crippen LogP contribution in [0.25, 0.3) is 0 Å². The van der Waals surface area contributed by atoms with Gasteiger partial charge in [-0.15, -0.1) is 0 Å². The first-order chi connectivity index (χ1) is 7.95. The standard InChI is InChI=1S/C12H19F3N2/c13-12(14,15)11(2-1-3-11)17-6-9-4-10(5-9)7-16-8-10/h9,16-17H,1-8H2. The molecule has 2 aliphatic carbocycles. The van der Waals surface area contributed by atoms with E-state index in [4.69, 9.17) is 0 Å². The molecule has 1 spiro atoms. The van der Waals surface area contributed by atoms with Gasteiger partial charge in [0.25, 0.3) is 0 Å². The highest BCUT2D eigenvalue weighted by Gasteiger charge is 2.58. The molecule has 17 heavy (non-hydrogen) atoms. The molecular formula is C12H19F3N2. The van der Waals surface area contributed by atoms with Crippen molar-refractivity contribution < 1.29 is 13.2 Å². The minimum Gasteiger partial charge on any atom is -0.316 e. The van der Waals surface area contributed by atoms with E-state index in [0.29, 0.717) is 24.3 Å². The molecule has 0 aromatic heterocycles. The van der Waals surface area contributed by atoms with E-state index in [0.717, 1.165) is 25.9 Å². The van der Waals surface area contributed by atoms with Crippen LogP contribution in [0, 0.1) is 11.3 Å². The van der Waals surface area contributed by atoms with Crippen LogP contribution >= 0.6 is 0 Å². The maximum atomic E-state index is 12.9. The number of hydrogen-bond acceptors (Lipinski definition) is 2. The molecule has 2 nitrogen and oxygen atoms in total. The molecule has 0 aromatic rings. The van der Waals surface area contributed by atoms with Crippen molar-refractivity contribution in [3.05, 3.63) is 0 Å². The molecule has 3 aliphatic rings. The third kappa shape index (κ3) is 1.78. The van der Waals surface area contributed by atoms with Crippen molar-refractivity contribution in [2.45, 2.75) is 43.8 Å². The quantitative estimate of drug-likeness (QED) is 0.799. The monoisotopic (exact) mass is 248 g/mol. The Labute approximate surface area is 99.3 Å². The number of rotatable bonds is 3. The van der Waals surface area contributed by atoms with Crippen LogP contribution in [0.15, 0.2) is 0 Å². The van der Waals surface area contributed by atoms with E-state index < -0.39 is 11.7 Å². The van der Waals surface area contributed by atoms with Crippen LogP contribution in [-0.2, 0) is 0 Å². The van der Waals surface area contributed by atoms with Gasteiger partial charge < -0.3 is 10.6 Å². The lowest BCUT2D eigenvalue weighted by atomic mass is 9.58. The molecule has 0 atom stereocenters. The first-order valence-corrected chi connectivity index (χ1v) is 6.47. The van der Waals surface area contributed by atoms with E-state index >= 15 is 0 Å². The molecule has 3 rings (SSSR count). The highest BCUT2D eigenvalue weighted by molar-refractivity contribution is 5.06. The van der Waals surface area contributed by atoms with Crippen molar-refractivity contribution in [1.29, 1.82) is 0 Å². The van der Waals surface area contributed by atoms with Crippen molar-refractivity contribution in [2.24, 2.45) is 11.3 Å². The van der Waals surface area contributed by atoms with Crippen LogP contribution in [0.4, 0.5) is 13.2 Å². The van der Waals surface area contributed by atoms with Gasteiger partial charge in [0.2, 0.25) is 0 Å². The van der Waals surface area contributed by atoms with Crippen LogP contribution in [0.3, 0.4) is 0 Å². The smallest absolute Gasteiger partial charge is 0.316 e. The highest BCUT2D eigenvalue weighted by atomic mass is 19.4. The molecule has 2 saturated carbocycles. The first-order valence-electron chi connectivity index (χ1n) is 6.47. The molecule has 1 saturated heterocycles. The minimum atomic E-state index is -4.08. The Kier molecular flexibility index (Phi) is 2.50. The zero-order chi connectivity index (χ0) is 12.1. The number of halogens is 3. The van der Waals surface area contributed by atoms with Crippen LogP contribution in [-0.4, -0.2) is 31.3 Å². The molecule has 1 aliphatic heterocycles. The highest BCUT2D eigenvalue weighted by Crippen LogP contribution is 2.49. The van der Waals surface area contributed by atoms with E-state index in [9.17, 15) is 13.2 Å². The summed E-state index contributed by atoms with van der Waals surface area (Å²) in [7, 11) is 0. The maximum Gasteiger partial charge on any atom is 0.406 e. The SMILES string of the molecule is FC(F)(F)C1(NCC2CC3(CNC3)C2)CCC1. The number of alkyl halides is 3. The zero-order valence-corrected chi connectivity index (χ0v) is 9.87. The largest absolute Gasteiger partial charge is 0.406 e. The second-order valence-corrected chi connectivity index (χ2v) is 6.19. The third-order valence-corrected chi connectivity index (χ3v) is 4.92. The van der Waals surface area contributed by atoms with Crippen molar-refractivity contribution in [1.82, 2.24) is 10.6 Å². The predicted molar refractivity (Wildman–Crippen MR) is 58.7 cm³/mol. The van der Waals surface area contributed by atoms with Gasteiger partial charge in [-0.25, -0.2) is 0 Å². The van der Waals surface area contributed by atoms with Gasteiger partial charge >= 0.3 is 6.18 Å². The van der Waals surface area contributed by atoms with Crippen LogP contribution in [0.5, 0.6) is 0 Å². The fourth-order valence-corrected chi connectivity index (χ4v) is 3.51. The summed E-state index contributed by atoms with van der Waals surface area (Å²) >= 11 is 0. The summed E-state index contributed by atoms with van der Waals surface area (Å²) in [4.78, 5) is 0.